The van der Waals surface area contributed by atoms with Crippen molar-refractivity contribution >= 4 is 22.5 Å². The highest BCUT2D eigenvalue weighted by Gasteiger charge is 2.21. The van der Waals surface area contributed by atoms with E-state index in [4.69, 9.17) is 9.47 Å². The second-order valence-corrected chi connectivity index (χ2v) is 7.57. The van der Waals surface area contributed by atoms with E-state index in [9.17, 15) is 4.79 Å². The number of nitrogens with one attached hydrogen (secondary N) is 2. The van der Waals surface area contributed by atoms with Crippen LogP contribution in [0.4, 0.5) is 9.93 Å². The highest BCUT2D eigenvalue weighted by Crippen LogP contribution is 2.34. The first-order valence-corrected chi connectivity index (χ1v) is 8.45. The number of carbonyl (C=O) groups is 1. The van der Waals surface area contributed by atoms with Gasteiger partial charge in [-0.15, -0.1) is 10.2 Å². The first kappa shape index (κ1) is 16.5. The van der Waals surface area contributed by atoms with Gasteiger partial charge in [0.1, 0.15) is 5.01 Å². The van der Waals surface area contributed by atoms with Gasteiger partial charge < -0.3 is 14.8 Å². The van der Waals surface area contributed by atoms with Crippen molar-refractivity contribution in [1.82, 2.24) is 15.5 Å². The molecule has 1 aliphatic heterocycles. The third kappa shape index (κ3) is 3.59. The van der Waals surface area contributed by atoms with Crippen LogP contribution < -0.4 is 20.1 Å². The average Bonchev–Trinajstić information content (AvgIpc) is 3.14. The molecule has 0 saturated carbocycles. The number of nitrogens with zero attached hydrogens (tertiary/aromatic N) is 2. The van der Waals surface area contributed by atoms with Crippen LogP contribution in [-0.2, 0) is 5.41 Å². The average molecular weight is 348 g/mol. The zero-order chi connectivity index (χ0) is 17.3. The first-order valence-electron chi connectivity index (χ1n) is 7.64. The maximum atomic E-state index is 12.1. The Morgan fingerprint density at radius 3 is 2.71 bits per heavy atom. The van der Waals surface area contributed by atoms with Crippen molar-refractivity contribution in [1.29, 1.82) is 0 Å². The Labute approximate surface area is 144 Å². The Morgan fingerprint density at radius 2 is 2.00 bits per heavy atom. The maximum absolute atomic E-state index is 12.1. The fraction of sp³-hybridized carbons (Fsp3) is 0.438. The number of fused-ring (bicyclic) bond motifs is 1. The van der Waals surface area contributed by atoms with E-state index in [1.54, 1.807) is 0 Å². The summed E-state index contributed by atoms with van der Waals surface area (Å²) in [7, 11) is 0. The number of urea groups is 1. The summed E-state index contributed by atoms with van der Waals surface area (Å²) >= 11 is 1.38. The van der Waals surface area contributed by atoms with Gasteiger partial charge in [0.25, 0.3) is 0 Å². The van der Waals surface area contributed by atoms with Crippen molar-refractivity contribution in [2.45, 2.75) is 39.2 Å². The Balaban J connectivity index is 1.61. The molecular weight excluding hydrogens is 328 g/mol. The van der Waals surface area contributed by atoms with Crippen molar-refractivity contribution in [3.63, 3.8) is 0 Å². The van der Waals surface area contributed by atoms with Crippen LogP contribution in [0.3, 0.4) is 0 Å². The molecule has 2 N–H and O–H groups in total. The van der Waals surface area contributed by atoms with E-state index in [1.165, 1.54) is 11.3 Å². The van der Waals surface area contributed by atoms with Crippen LogP contribution >= 0.6 is 11.3 Å². The number of aromatic nitrogens is 2. The first-order chi connectivity index (χ1) is 11.3. The van der Waals surface area contributed by atoms with Gasteiger partial charge in [0.15, 0.2) is 11.5 Å². The number of hydrogen-bond donors (Lipinski definition) is 2. The molecule has 24 heavy (non-hydrogen) atoms. The maximum Gasteiger partial charge on any atom is 0.321 e. The molecule has 3 rings (SSSR count). The minimum absolute atomic E-state index is 0.0894. The Bertz CT molecular complexity index is 754. The number of ether oxygens (including phenoxy) is 2. The Kier molecular flexibility index (Phi) is 4.31. The van der Waals surface area contributed by atoms with Gasteiger partial charge in [-0.1, -0.05) is 38.2 Å². The predicted molar refractivity (Wildman–Crippen MR) is 91.7 cm³/mol. The summed E-state index contributed by atoms with van der Waals surface area (Å²) < 4.78 is 10.6. The number of hydrogen-bond acceptors (Lipinski definition) is 6. The molecule has 0 aliphatic carbocycles. The van der Waals surface area contributed by atoms with E-state index in [1.807, 2.05) is 25.1 Å². The lowest BCUT2D eigenvalue weighted by Crippen LogP contribution is -2.31. The fourth-order valence-corrected chi connectivity index (χ4v) is 2.97. The summed E-state index contributed by atoms with van der Waals surface area (Å²) in [5.74, 6) is 1.42. The van der Waals surface area contributed by atoms with Gasteiger partial charge in [0.05, 0.1) is 6.04 Å². The molecule has 0 spiro atoms. The zero-order valence-electron chi connectivity index (χ0n) is 14.0. The summed E-state index contributed by atoms with van der Waals surface area (Å²) in [5.41, 5.74) is 0.843. The topological polar surface area (TPSA) is 85.4 Å². The molecule has 8 heteroatoms. The van der Waals surface area contributed by atoms with Crippen molar-refractivity contribution in [3.8, 4) is 11.5 Å². The normalized spacial score (nSPS) is 14.3. The van der Waals surface area contributed by atoms with Crippen LogP contribution in [0.1, 0.15) is 44.3 Å². The van der Waals surface area contributed by atoms with E-state index in [-0.39, 0.29) is 24.3 Å². The lowest BCUT2D eigenvalue weighted by atomic mass is 9.98. The summed E-state index contributed by atoms with van der Waals surface area (Å²) in [6.45, 7) is 8.29. The Hall–Kier alpha value is -2.35. The highest BCUT2D eigenvalue weighted by atomic mass is 32.1. The third-order valence-electron chi connectivity index (χ3n) is 3.53. The molecule has 1 atom stereocenters. The SMILES string of the molecule is CC(NC(=O)Nc1nnc(C(C)(C)C)s1)c1ccc2c(c1)OCO2. The molecular formula is C16H20N4O3S. The van der Waals surface area contributed by atoms with E-state index < -0.39 is 0 Å². The second-order valence-electron chi connectivity index (χ2n) is 6.60. The van der Waals surface area contributed by atoms with Gasteiger partial charge in [-0.2, -0.15) is 0 Å². The minimum Gasteiger partial charge on any atom is -0.454 e. The van der Waals surface area contributed by atoms with E-state index in [0.29, 0.717) is 10.9 Å². The summed E-state index contributed by atoms with van der Waals surface area (Å²) in [6.07, 6.45) is 0. The van der Waals surface area contributed by atoms with E-state index in [2.05, 4.69) is 41.6 Å². The molecule has 1 aromatic carbocycles. The van der Waals surface area contributed by atoms with Crippen molar-refractivity contribution < 1.29 is 14.3 Å². The number of amides is 2. The van der Waals surface area contributed by atoms with Gasteiger partial charge >= 0.3 is 6.03 Å². The van der Waals surface area contributed by atoms with Crippen molar-refractivity contribution in [2.24, 2.45) is 0 Å². The molecule has 2 amide bonds. The van der Waals surface area contributed by atoms with Crippen LogP contribution in [-0.4, -0.2) is 23.0 Å². The van der Waals surface area contributed by atoms with E-state index >= 15 is 0 Å². The van der Waals surface area contributed by atoms with Gasteiger partial charge in [-0.25, -0.2) is 4.79 Å². The van der Waals surface area contributed by atoms with Crippen LogP contribution in [0.15, 0.2) is 18.2 Å². The highest BCUT2D eigenvalue weighted by molar-refractivity contribution is 7.15. The third-order valence-corrected chi connectivity index (χ3v) is 4.80. The number of rotatable bonds is 3. The fourth-order valence-electron chi connectivity index (χ4n) is 2.17. The number of carbonyl (C=O) groups excluding carboxylic acids is 1. The summed E-state index contributed by atoms with van der Waals surface area (Å²) in [4.78, 5) is 12.1. The number of benzene rings is 1. The van der Waals surface area contributed by atoms with Crippen molar-refractivity contribution in [2.75, 3.05) is 12.1 Å². The quantitative estimate of drug-likeness (QED) is 0.887. The van der Waals surface area contributed by atoms with Crippen molar-refractivity contribution in [3.05, 3.63) is 28.8 Å². The van der Waals surface area contributed by atoms with Crippen LogP contribution in [0, 0.1) is 0 Å². The molecule has 2 heterocycles. The van der Waals surface area contributed by atoms with Gasteiger partial charge in [0, 0.05) is 5.41 Å². The second kappa shape index (κ2) is 6.27. The van der Waals surface area contributed by atoms with Gasteiger partial charge in [0.2, 0.25) is 11.9 Å². The summed E-state index contributed by atoms with van der Waals surface area (Å²) in [5, 5.41) is 15.1. The lowest BCUT2D eigenvalue weighted by Gasteiger charge is -2.15. The predicted octanol–water partition coefficient (Wildman–Crippen LogP) is 3.45. The van der Waals surface area contributed by atoms with Crippen LogP contribution in [0.2, 0.25) is 0 Å². The molecule has 0 saturated heterocycles. The largest absolute Gasteiger partial charge is 0.454 e. The smallest absolute Gasteiger partial charge is 0.321 e. The molecule has 1 unspecified atom stereocenters. The monoisotopic (exact) mass is 348 g/mol. The van der Waals surface area contributed by atoms with Gasteiger partial charge in [-0.05, 0) is 24.6 Å². The molecule has 0 fully saturated rings. The Morgan fingerprint density at radius 1 is 1.25 bits per heavy atom. The molecule has 0 radical (unpaired) electrons. The molecule has 0 bridgehead atoms. The molecule has 1 aliphatic rings. The van der Waals surface area contributed by atoms with E-state index in [0.717, 1.165) is 16.3 Å². The van der Waals surface area contributed by atoms with Crippen LogP contribution in [0.5, 0.6) is 11.5 Å². The summed E-state index contributed by atoms with van der Waals surface area (Å²) in [6, 6.07) is 5.11. The van der Waals surface area contributed by atoms with Crippen LogP contribution in [0.25, 0.3) is 0 Å². The number of anilines is 1. The molecule has 2 aromatic rings. The van der Waals surface area contributed by atoms with Gasteiger partial charge in [-0.3, -0.25) is 5.32 Å². The lowest BCUT2D eigenvalue weighted by molar-refractivity contribution is 0.174. The molecule has 7 nitrogen and oxygen atoms in total. The minimum atomic E-state index is -0.322. The zero-order valence-corrected chi connectivity index (χ0v) is 14.9. The molecule has 128 valence electrons. The standard InChI is InChI=1S/C16H20N4O3S/c1-9(10-5-6-11-12(7-10)23-8-22-11)17-14(21)18-15-20-19-13(24-15)16(2,3)4/h5-7,9H,8H2,1-4H3,(H2,17,18,20,21). The molecule has 1 aromatic heterocycles.